The number of amides is 2. The molecule has 0 heterocycles. The van der Waals surface area contributed by atoms with Gasteiger partial charge >= 0.3 is 0 Å². The molecule has 0 spiro atoms. The average molecular weight is 549 g/mol. The highest BCUT2D eigenvalue weighted by Crippen LogP contribution is 2.15. The van der Waals surface area contributed by atoms with Gasteiger partial charge in [-0.1, -0.05) is 67.6 Å². The van der Waals surface area contributed by atoms with Gasteiger partial charge in [-0.25, -0.2) is 10.9 Å². The van der Waals surface area contributed by atoms with Gasteiger partial charge in [0.05, 0.1) is 12.4 Å². The summed E-state index contributed by atoms with van der Waals surface area (Å²) in [6, 6.07) is 34.5. The molecule has 0 fully saturated rings. The second-order valence-corrected chi connectivity index (χ2v) is 9.12. The van der Waals surface area contributed by atoms with Crippen molar-refractivity contribution in [2.24, 2.45) is 16.1 Å². The number of ether oxygens (including phenoxy) is 2. The van der Waals surface area contributed by atoms with E-state index in [-0.39, 0.29) is 0 Å². The lowest BCUT2D eigenvalue weighted by atomic mass is 10.1. The summed E-state index contributed by atoms with van der Waals surface area (Å²) in [6.07, 6.45) is 3.31. The number of rotatable bonds is 13. The second kappa shape index (κ2) is 15.4. The number of benzene rings is 4. The van der Waals surface area contributed by atoms with E-state index in [0.29, 0.717) is 19.6 Å². The molecule has 0 aliphatic rings. The van der Waals surface area contributed by atoms with E-state index in [0.717, 1.165) is 33.8 Å². The van der Waals surface area contributed by atoms with Gasteiger partial charge in [-0.3, -0.25) is 9.59 Å². The first kappa shape index (κ1) is 28.8. The molecule has 0 bridgehead atoms. The monoisotopic (exact) mass is 548 g/mol. The summed E-state index contributed by atoms with van der Waals surface area (Å²) >= 11 is 0. The van der Waals surface area contributed by atoms with Crippen molar-refractivity contribution < 1.29 is 19.1 Å². The van der Waals surface area contributed by atoms with Crippen molar-refractivity contribution in [2.45, 2.75) is 26.6 Å². The number of carbonyl (C=O) groups excluding carboxylic acids is 2. The molecule has 8 nitrogen and oxygen atoms in total. The molecule has 4 rings (SSSR count). The van der Waals surface area contributed by atoms with Crippen LogP contribution in [0.2, 0.25) is 0 Å². The van der Waals surface area contributed by atoms with Crippen molar-refractivity contribution in [3.63, 3.8) is 0 Å². The largest absolute Gasteiger partial charge is 0.489 e. The van der Waals surface area contributed by atoms with E-state index in [1.54, 1.807) is 6.92 Å². The van der Waals surface area contributed by atoms with E-state index in [4.69, 9.17) is 9.47 Å². The van der Waals surface area contributed by atoms with Crippen LogP contribution in [0.4, 0.5) is 0 Å². The van der Waals surface area contributed by atoms with E-state index in [1.165, 1.54) is 12.4 Å². The molecule has 0 aliphatic carbocycles. The minimum atomic E-state index is -0.938. The zero-order chi connectivity index (χ0) is 28.7. The Morgan fingerprint density at radius 3 is 1.39 bits per heavy atom. The van der Waals surface area contributed by atoms with Crippen LogP contribution in [0.3, 0.4) is 0 Å². The van der Waals surface area contributed by atoms with Crippen LogP contribution in [0.25, 0.3) is 0 Å². The fourth-order valence-electron chi connectivity index (χ4n) is 3.77. The highest BCUT2D eigenvalue weighted by Gasteiger charge is 2.24. The molecule has 41 heavy (non-hydrogen) atoms. The van der Waals surface area contributed by atoms with Gasteiger partial charge in [0.15, 0.2) is 0 Å². The maximum absolute atomic E-state index is 12.5. The van der Waals surface area contributed by atoms with E-state index in [9.17, 15) is 9.59 Å². The summed E-state index contributed by atoms with van der Waals surface area (Å²) in [7, 11) is 0. The van der Waals surface area contributed by atoms with Crippen LogP contribution in [0.15, 0.2) is 119 Å². The molecular formula is C33H32N4O4. The van der Waals surface area contributed by atoms with E-state index < -0.39 is 17.7 Å². The number of nitrogens with zero attached hydrogens (tertiary/aromatic N) is 2. The Morgan fingerprint density at radius 1 is 0.634 bits per heavy atom. The van der Waals surface area contributed by atoms with Crippen LogP contribution in [0, 0.1) is 5.92 Å². The topological polar surface area (TPSA) is 101 Å². The molecule has 0 aliphatic heterocycles. The maximum atomic E-state index is 12.5. The Morgan fingerprint density at radius 2 is 1.02 bits per heavy atom. The van der Waals surface area contributed by atoms with Crippen molar-refractivity contribution in [1.29, 1.82) is 0 Å². The molecule has 2 N–H and O–H groups in total. The third-order valence-corrected chi connectivity index (χ3v) is 6.07. The van der Waals surface area contributed by atoms with Crippen LogP contribution in [0.1, 0.15) is 35.6 Å². The zero-order valence-corrected chi connectivity index (χ0v) is 22.8. The normalized spacial score (nSPS) is 11.1. The maximum Gasteiger partial charge on any atom is 0.252 e. The van der Waals surface area contributed by atoms with Crippen molar-refractivity contribution in [1.82, 2.24) is 10.9 Å². The number of hydrogen-bond acceptors (Lipinski definition) is 6. The molecule has 4 aromatic rings. The van der Waals surface area contributed by atoms with Crippen LogP contribution in [0.5, 0.6) is 11.5 Å². The molecule has 4 aromatic carbocycles. The summed E-state index contributed by atoms with van der Waals surface area (Å²) in [4.78, 5) is 25.1. The van der Waals surface area contributed by atoms with Gasteiger partial charge in [-0.2, -0.15) is 10.2 Å². The van der Waals surface area contributed by atoms with Crippen molar-refractivity contribution in [3.05, 3.63) is 131 Å². The minimum Gasteiger partial charge on any atom is -0.489 e. The lowest BCUT2D eigenvalue weighted by Crippen LogP contribution is -2.37. The summed E-state index contributed by atoms with van der Waals surface area (Å²) < 4.78 is 11.6. The van der Waals surface area contributed by atoms with Crippen LogP contribution < -0.4 is 20.3 Å². The Kier molecular flexibility index (Phi) is 10.8. The van der Waals surface area contributed by atoms with Crippen LogP contribution >= 0.6 is 0 Å². The molecular weight excluding hydrogens is 516 g/mol. The summed E-state index contributed by atoms with van der Waals surface area (Å²) in [5.74, 6) is -0.513. The fraction of sp³-hybridized carbons (Fsp3) is 0.152. The molecule has 2 amide bonds. The predicted molar refractivity (Wildman–Crippen MR) is 160 cm³/mol. The van der Waals surface area contributed by atoms with Gasteiger partial charge in [0.2, 0.25) is 0 Å². The third-order valence-electron chi connectivity index (χ3n) is 6.07. The minimum absolute atomic E-state index is 0.295. The first-order valence-electron chi connectivity index (χ1n) is 13.3. The van der Waals surface area contributed by atoms with Crippen molar-refractivity contribution >= 4 is 24.2 Å². The Balaban J connectivity index is 1.20. The smallest absolute Gasteiger partial charge is 0.252 e. The molecule has 0 aromatic heterocycles. The fourth-order valence-corrected chi connectivity index (χ4v) is 3.77. The lowest BCUT2D eigenvalue weighted by Gasteiger charge is -2.10. The van der Waals surface area contributed by atoms with E-state index in [2.05, 4.69) is 21.1 Å². The number of carbonyl (C=O) groups is 2. The molecule has 0 radical (unpaired) electrons. The summed E-state index contributed by atoms with van der Waals surface area (Å²) in [5.41, 5.74) is 8.58. The standard InChI is InChI=1S/C33H32N4O4/c1-2-31(32(38)36-34-21-25-13-17-29(18-14-25)40-23-27-9-5-3-6-10-27)33(39)37-35-22-26-15-19-30(20-16-26)41-24-28-11-7-4-8-12-28/h3-22,31H,2,23-24H2,1H3,(H,36,38)(H,37,39)/b34-21-,35-22-. The van der Waals surface area contributed by atoms with E-state index >= 15 is 0 Å². The van der Waals surface area contributed by atoms with Gasteiger partial charge < -0.3 is 9.47 Å². The quantitative estimate of drug-likeness (QED) is 0.131. The Labute approximate surface area is 239 Å². The molecule has 208 valence electrons. The predicted octanol–water partition coefficient (Wildman–Crippen LogP) is 5.47. The van der Waals surface area contributed by atoms with Crippen molar-refractivity contribution in [2.75, 3.05) is 0 Å². The average Bonchev–Trinajstić information content (AvgIpc) is 3.02. The second-order valence-electron chi connectivity index (χ2n) is 9.12. The van der Waals surface area contributed by atoms with Gasteiger partial charge in [0.1, 0.15) is 30.6 Å². The first-order valence-corrected chi connectivity index (χ1v) is 13.3. The van der Waals surface area contributed by atoms with Gasteiger partial charge in [0, 0.05) is 0 Å². The highest BCUT2D eigenvalue weighted by molar-refractivity contribution is 6.00. The Bertz CT molecular complexity index is 1330. The van der Waals surface area contributed by atoms with Gasteiger partial charge in [0.25, 0.3) is 11.8 Å². The lowest BCUT2D eigenvalue weighted by molar-refractivity contribution is -0.135. The van der Waals surface area contributed by atoms with Crippen molar-refractivity contribution in [3.8, 4) is 11.5 Å². The highest BCUT2D eigenvalue weighted by atomic mass is 16.5. The molecule has 0 saturated heterocycles. The molecule has 0 atom stereocenters. The van der Waals surface area contributed by atoms with Gasteiger partial charge in [-0.15, -0.1) is 0 Å². The molecule has 0 saturated carbocycles. The van der Waals surface area contributed by atoms with Crippen LogP contribution in [-0.4, -0.2) is 24.2 Å². The van der Waals surface area contributed by atoms with Crippen LogP contribution in [-0.2, 0) is 22.8 Å². The Hall–Kier alpha value is -5.24. The van der Waals surface area contributed by atoms with E-state index in [1.807, 2.05) is 109 Å². The SMILES string of the molecule is CCC(C(=O)N/N=C\c1ccc(OCc2ccccc2)cc1)C(=O)N/N=C\c1ccc(OCc2ccccc2)cc1. The molecule has 0 unspecified atom stereocenters. The number of hydrazone groups is 2. The summed E-state index contributed by atoms with van der Waals surface area (Å²) in [6.45, 7) is 2.70. The first-order chi connectivity index (χ1) is 20.1. The molecule has 8 heteroatoms. The number of nitrogens with one attached hydrogen (secondary N) is 2. The summed E-state index contributed by atoms with van der Waals surface area (Å²) in [5, 5.41) is 7.98. The number of hydrogen-bond donors (Lipinski definition) is 2. The third kappa shape index (κ3) is 9.47. The van der Waals surface area contributed by atoms with Gasteiger partial charge in [-0.05, 0) is 77.2 Å². The zero-order valence-electron chi connectivity index (χ0n) is 22.8.